The molecular formula is C25H28F4N5O5+. The molecule has 14 heteroatoms. The summed E-state index contributed by atoms with van der Waals surface area (Å²) in [7, 11) is 0. The summed E-state index contributed by atoms with van der Waals surface area (Å²) in [6.45, 7) is 4.24. The zero-order chi connectivity index (χ0) is 29.3. The Hall–Kier alpha value is -4.32. The summed E-state index contributed by atoms with van der Waals surface area (Å²) in [6, 6.07) is 4.39. The molecule has 2 aromatic carbocycles. The molecule has 0 bridgehead atoms. The van der Waals surface area contributed by atoms with Gasteiger partial charge in [0.2, 0.25) is 16.5 Å². The number of carboxylic acid groups (broad SMARTS) is 1. The number of carbonyl (C=O) groups excluding carboxylic acids is 2. The molecule has 3 N–H and O–H groups in total. The molecule has 0 saturated carbocycles. The van der Waals surface area contributed by atoms with Gasteiger partial charge in [-0.15, -0.1) is 0 Å². The fourth-order valence-electron chi connectivity index (χ4n) is 3.58. The first-order valence-electron chi connectivity index (χ1n) is 11.7. The van der Waals surface area contributed by atoms with Crippen molar-refractivity contribution in [2.45, 2.75) is 51.6 Å². The van der Waals surface area contributed by atoms with Crippen molar-refractivity contribution in [3.05, 3.63) is 59.2 Å². The highest BCUT2D eigenvalue weighted by Crippen LogP contribution is 2.26. The lowest BCUT2D eigenvalue weighted by Gasteiger charge is -2.33. The topological polar surface area (TPSA) is 146 Å². The molecular weight excluding hydrogens is 526 g/mol. The van der Waals surface area contributed by atoms with E-state index in [-0.39, 0.29) is 36.7 Å². The molecule has 0 saturated heterocycles. The molecule has 0 fully saturated rings. The molecule has 2 rings (SSSR count). The van der Waals surface area contributed by atoms with Gasteiger partial charge < -0.3 is 20.1 Å². The Morgan fingerprint density at radius 3 is 2.31 bits per heavy atom. The highest BCUT2D eigenvalue weighted by atomic mass is 19.2. The predicted molar refractivity (Wildman–Crippen MR) is 130 cm³/mol. The van der Waals surface area contributed by atoms with Gasteiger partial charge in [-0.25, -0.2) is 13.6 Å². The van der Waals surface area contributed by atoms with Crippen molar-refractivity contribution in [3.8, 4) is 5.75 Å². The number of ether oxygens (including phenoxy) is 1. The van der Waals surface area contributed by atoms with Gasteiger partial charge in [-0.05, 0) is 58.2 Å². The molecule has 1 atom stereocenters. The maximum Gasteiger partial charge on any atom is 0.407 e. The van der Waals surface area contributed by atoms with Crippen molar-refractivity contribution in [1.82, 2.24) is 15.1 Å². The van der Waals surface area contributed by atoms with Crippen LogP contribution in [0.5, 0.6) is 5.75 Å². The fourth-order valence-corrected chi connectivity index (χ4v) is 3.58. The minimum Gasteiger partial charge on any atom is -0.479 e. The predicted octanol–water partition coefficient (Wildman–Crippen LogP) is 5.12. The molecule has 0 aromatic heterocycles. The van der Waals surface area contributed by atoms with E-state index in [1.54, 1.807) is 20.8 Å². The van der Waals surface area contributed by atoms with E-state index in [2.05, 4.69) is 15.3 Å². The van der Waals surface area contributed by atoms with Crippen LogP contribution < -0.4 is 15.0 Å². The Balaban J connectivity index is 2.19. The van der Waals surface area contributed by atoms with E-state index in [9.17, 15) is 37.1 Å². The molecule has 210 valence electrons. The van der Waals surface area contributed by atoms with Crippen LogP contribution in [0.4, 0.5) is 28.0 Å². The highest BCUT2D eigenvalue weighted by Gasteiger charge is 2.27. The third-order valence-electron chi connectivity index (χ3n) is 5.56. The number of amides is 2. The third kappa shape index (κ3) is 8.60. The Morgan fingerprint density at radius 2 is 1.74 bits per heavy atom. The fraction of sp³-hybridized carbons (Fsp3) is 0.400. The number of hydrogen-bond acceptors (Lipinski definition) is 6. The van der Waals surface area contributed by atoms with Crippen molar-refractivity contribution in [2.75, 3.05) is 13.2 Å². The number of rotatable bonds is 12. The van der Waals surface area contributed by atoms with Gasteiger partial charge in [0.15, 0.2) is 34.0 Å². The summed E-state index contributed by atoms with van der Waals surface area (Å²) >= 11 is 0. The molecule has 39 heavy (non-hydrogen) atoms. The molecule has 2 amide bonds. The number of ketones is 1. The number of nitrogens with one attached hydrogen (secondary N) is 2. The second kappa shape index (κ2) is 13.5. The van der Waals surface area contributed by atoms with Crippen LogP contribution in [0.2, 0.25) is 0 Å². The molecule has 0 unspecified atom stereocenters. The minimum atomic E-state index is -1.82. The number of benzene rings is 2. The zero-order valence-electron chi connectivity index (χ0n) is 21.4. The second-order valence-electron chi connectivity index (χ2n) is 9.43. The van der Waals surface area contributed by atoms with Gasteiger partial charge in [0.25, 0.3) is 5.91 Å². The van der Waals surface area contributed by atoms with Gasteiger partial charge in [-0.1, -0.05) is 6.07 Å². The van der Waals surface area contributed by atoms with Crippen LogP contribution in [0.1, 0.15) is 50.4 Å². The molecule has 0 aliphatic heterocycles. The first-order valence-corrected chi connectivity index (χ1v) is 11.7. The molecule has 0 aliphatic carbocycles. The lowest BCUT2D eigenvalue weighted by Crippen LogP contribution is -2.45. The van der Waals surface area contributed by atoms with E-state index in [0.29, 0.717) is 6.42 Å². The average molecular weight is 555 g/mol. The largest absolute Gasteiger partial charge is 0.479 e. The highest BCUT2D eigenvalue weighted by molar-refractivity contribution is 5.98. The smallest absolute Gasteiger partial charge is 0.407 e. The van der Waals surface area contributed by atoms with Crippen LogP contribution in [-0.4, -0.2) is 52.5 Å². The number of nitrogens with zero attached hydrogens (tertiary/aromatic N) is 3. The van der Waals surface area contributed by atoms with Gasteiger partial charge >= 0.3 is 6.09 Å². The quantitative estimate of drug-likeness (QED) is 0.110. The molecule has 0 aliphatic rings. The minimum absolute atomic E-state index is 0.00517. The van der Waals surface area contributed by atoms with E-state index in [1.165, 1.54) is 29.2 Å². The molecule has 10 nitrogen and oxygen atoms in total. The van der Waals surface area contributed by atoms with Gasteiger partial charge in [0.05, 0.1) is 6.04 Å². The Morgan fingerprint density at radius 1 is 1.10 bits per heavy atom. The summed E-state index contributed by atoms with van der Waals surface area (Å²) in [5, 5.41) is 15.4. The summed E-state index contributed by atoms with van der Waals surface area (Å²) < 4.78 is 59.6. The first kappa shape index (κ1) is 30.9. The second-order valence-corrected chi connectivity index (χ2v) is 9.43. The summed E-state index contributed by atoms with van der Waals surface area (Å²) in [6.07, 6.45) is -0.587. The number of hydrogen-bond donors (Lipinski definition) is 3. The van der Waals surface area contributed by atoms with Crippen LogP contribution >= 0.6 is 0 Å². The lowest BCUT2D eigenvalue weighted by molar-refractivity contribution is -0.123. The van der Waals surface area contributed by atoms with E-state index in [0.717, 1.165) is 0 Å². The van der Waals surface area contributed by atoms with Gasteiger partial charge in [-0.3, -0.25) is 9.59 Å². The maximum absolute atomic E-state index is 13.9. The summed E-state index contributed by atoms with van der Waals surface area (Å²) in [4.78, 5) is 41.4. The van der Waals surface area contributed by atoms with Crippen LogP contribution in [0, 0.1) is 28.8 Å². The summed E-state index contributed by atoms with van der Waals surface area (Å²) in [5.41, 5.74) is 6.38. The van der Waals surface area contributed by atoms with Crippen LogP contribution in [0.3, 0.4) is 0 Å². The van der Waals surface area contributed by atoms with Gasteiger partial charge in [0.1, 0.15) is 12.1 Å². The Kier molecular flexibility index (Phi) is 10.7. The molecule has 2 aromatic rings. The molecule has 0 heterocycles. The Labute approximate surface area is 221 Å². The zero-order valence-corrected chi connectivity index (χ0v) is 21.4. The number of Topliss-reactive ketones (excluding diaryl/α,β-unsaturated/α-hetero) is 1. The SMILES string of the molecule is CC(C)(C)N(CCCC[C@H](NC(=O)c1cccc(N=[N+]=N)c1)C(=O)COc1c(F)c(F)cc(F)c1F)C(=O)O. The van der Waals surface area contributed by atoms with E-state index < -0.39 is 65.0 Å². The molecule has 0 radical (unpaired) electrons. The maximum atomic E-state index is 13.9. The van der Waals surface area contributed by atoms with Crippen LogP contribution in [0.15, 0.2) is 35.4 Å². The van der Waals surface area contributed by atoms with Crippen molar-refractivity contribution in [2.24, 2.45) is 5.11 Å². The van der Waals surface area contributed by atoms with Crippen molar-refractivity contribution in [1.29, 1.82) is 5.53 Å². The first-order chi connectivity index (χ1) is 18.3. The summed E-state index contributed by atoms with van der Waals surface area (Å²) in [5.74, 6) is -10.1. The van der Waals surface area contributed by atoms with E-state index in [1.807, 2.05) is 0 Å². The van der Waals surface area contributed by atoms with Crippen molar-refractivity contribution in [3.63, 3.8) is 0 Å². The van der Waals surface area contributed by atoms with Gasteiger partial charge in [0, 0.05) is 23.7 Å². The van der Waals surface area contributed by atoms with E-state index in [4.69, 9.17) is 10.3 Å². The number of unbranched alkanes of at least 4 members (excludes halogenated alkanes) is 1. The van der Waals surface area contributed by atoms with Crippen molar-refractivity contribution >= 4 is 23.5 Å². The average Bonchev–Trinajstić information content (AvgIpc) is 2.85. The van der Waals surface area contributed by atoms with Gasteiger partial charge in [-0.2, -0.15) is 8.78 Å². The number of halogens is 4. The normalized spacial score (nSPS) is 11.8. The van der Waals surface area contributed by atoms with E-state index >= 15 is 0 Å². The monoisotopic (exact) mass is 554 g/mol. The molecule has 0 spiro atoms. The lowest BCUT2D eigenvalue weighted by atomic mass is 10.0. The number of carbonyl (C=O) groups is 3. The Bertz CT molecular complexity index is 1250. The third-order valence-corrected chi connectivity index (χ3v) is 5.56. The van der Waals surface area contributed by atoms with Crippen molar-refractivity contribution < 1.29 is 41.8 Å². The standard InChI is InChI=1S/C25H27F4N5O5/c1-25(2,3)34(24(37)38)10-5-4-9-18(31-23(36)14-7-6-8-15(11-14)32-33-30)19(35)13-39-22-20(28)16(26)12-17(27)21(22)29/h6-8,11-12,18,30H,4-5,9-10,13H2,1-3H3,(H-,31,36,37,38)/p+1/t18-/m0/s1. The van der Waals surface area contributed by atoms with Crippen LogP contribution in [0.25, 0.3) is 0 Å². The van der Waals surface area contributed by atoms with Crippen LogP contribution in [-0.2, 0) is 4.79 Å².